The zero-order valence-electron chi connectivity index (χ0n) is 14.2. The predicted octanol–water partition coefficient (Wildman–Crippen LogP) is 4.73. The van der Waals surface area contributed by atoms with Gasteiger partial charge in [-0.3, -0.25) is 0 Å². The van der Waals surface area contributed by atoms with Crippen LogP contribution in [0.2, 0.25) is 0 Å². The third kappa shape index (κ3) is 7.07. The molecule has 1 rings (SSSR count). The summed E-state index contributed by atoms with van der Waals surface area (Å²) in [5, 5.41) is 4.00. The zero-order valence-corrected chi connectivity index (χ0v) is 14.2. The van der Waals surface area contributed by atoms with Crippen molar-refractivity contribution in [2.75, 3.05) is 0 Å². The van der Waals surface area contributed by atoms with E-state index in [1.165, 1.54) is 51.4 Å². The molecule has 0 fully saturated rings. The molecule has 2 N–H and O–H groups in total. The fourth-order valence-electron chi connectivity index (χ4n) is 2.33. The van der Waals surface area contributed by atoms with Gasteiger partial charge in [0.2, 0.25) is 5.89 Å². The number of nitrogens with two attached hydrogens (primary N) is 1. The molecule has 122 valence electrons. The van der Waals surface area contributed by atoms with Crippen molar-refractivity contribution in [2.45, 2.75) is 96.9 Å². The van der Waals surface area contributed by atoms with Crippen molar-refractivity contribution in [3.63, 3.8) is 0 Å². The number of aromatic nitrogens is 2. The number of nitrogens with zero attached hydrogens (tertiary/aromatic N) is 2. The molecule has 0 saturated heterocycles. The van der Waals surface area contributed by atoms with Gasteiger partial charge >= 0.3 is 0 Å². The molecule has 0 spiro atoms. The van der Waals surface area contributed by atoms with Crippen LogP contribution in [0.25, 0.3) is 0 Å². The molecule has 0 aliphatic rings. The fourth-order valence-corrected chi connectivity index (χ4v) is 2.33. The minimum Gasteiger partial charge on any atom is -0.339 e. The molecular weight excluding hydrogens is 262 g/mol. The van der Waals surface area contributed by atoms with Crippen molar-refractivity contribution in [3.05, 3.63) is 11.7 Å². The summed E-state index contributed by atoms with van der Waals surface area (Å²) in [5.41, 5.74) is 5.64. The third-order valence-electron chi connectivity index (χ3n) is 4.21. The SMILES string of the molecule is CCCCCCCCCCCc1nc(C(C)(N)CC)no1. The minimum atomic E-state index is -0.472. The second-order valence-corrected chi connectivity index (χ2v) is 6.36. The quantitative estimate of drug-likeness (QED) is 0.566. The summed E-state index contributed by atoms with van der Waals surface area (Å²) in [5.74, 6) is 1.37. The van der Waals surface area contributed by atoms with Gasteiger partial charge < -0.3 is 10.3 Å². The van der Waals surface area contributed by atoms with Gasteiger partial charge in [-0.05, 0) is 19.8 Å². The van der Waals surface area contributed by atoms with E-state index in [1.807, 2.05) is 13.8 Å². The molecule has 4 heteroatoms. The normalized spacial score (nSPS) is 14.3. The Kier molecular flexibility index (Phi) is 8.58. The van der Waals surface area contributed by atoms with Crippen molar-refractivity contribution in [2.24, 2.45) is 5.73 Å². The van der Waals surface area contributed by atoms with E-state index in [0.717, 1.165) is 25.2 Å². The summed E-state index contributed by atoms with van der Waals surface area (Å²) in [6.45, 7) is 6.24. The molecule has 0 aliphatic heterocycles. The Balaban J connectivity index is 2.08. The van der Waals surface area contributed by atoms with Crippen LogP contribution in [-0.2, 0) is 12.0 Å². The first kappa shape index (κ1) is 18.1. The van der Waals surface area contributed by atoms with E-state index >= 15 is 0 Å². The predicted molar refractivity (Wildman–Crippen MR) is 87.1 cm³/mol. The van der Waals surface area contributed by atoms with Gasteiger partial charge in [0.05, 0.1) is 5.54 Å². The van der Waals surface area contributed by atoms with Gasteiger partial charge in [0.25, 0.3) is 0 Å². The number of hydrogen-bond donors (Lipinski definition) is 1. The molecule has 1 atom stereocenters. The van der Waals surface area contributed by atoms with Crippen LogP contribution in [0.5, 0.6) is 0 Å². The minimum absolute atomic E-state index is 0.472. The molecular formula is C17H33N3O. The van der Waals surface area contributed by atoms with Crippen molar-refractivity contribution in [1.29, 1.82) is 0 Å². The van der Waals surface area contributed by atoms with Crippen LogP contribution in [0.1, 0.15) is 96.7 Å². The molecule has 1 aromatic heterocycles. The van der Waals surface area contributed by atoms with Crippen LogP contribution in [0.4, 0.5) is 0 Å². The maximum absolute atomic E-state index is 6.11. The van der Waals surface area contributed by atoms with Crippen LogP contribution in [-0.4, -0.2) is 10.1 Å². The largest absolute Gasteiger partial charge is 0.339 e. The maximum atomic E-state index is 6.11. The van der Waals surface area contributed by atoms with E-state index in [1.54, 1.807) is 0 Å². The lowest BCUT2D eigenvalue weighted by Crippen LogP contribution is -2.33. The molecule has 1 unspecified atom stereocenters. The molecule has 0 saturated carbocycles. The molecule has 0 bridgehead atoms. The molecule has 4 nitrogen and oxygen atoms in total. The van der Waals surface area contributed by atoms with E-state index in [9.17, 15) is 0 Å². The van der Waals surface area contributed by atoms with Crippen LogP contribution < -0.4 is 5.73 Å². The van der Waals surface area contributed by atoms with E-state index < -0.39 is 5.54 Å². The summed E-state index contributed by atoms with van der Waals surface area (Å²) in [4.78, 5) is 4.42. The summed E-state index contributed by atoms with van der Waals surface area (Å²) in [6, 6.07) is 0. The van der Waals surface area contributed by atoms with E-state index in [0.29, 0.717) is 5.82 Å². The first-order valence-electron chi connectivity index (χ1n) is 8.72. The average molecular weight is 295 g/mol. The Morgan fingerprint density at radius 3 is 2.10 bits per heavy atom. The molecule has 1 heterocycles. The molecule has 21 heavy (non-hydrogen) atoms. The van der Waals surface area contributed by atoms with Crippen LogP contribution in [0, 0.1) is 0 Å². The van der Waals surface area contributed by atoms with Gasteiger partial charge in [0.1, 0.15) is 0 Å². The Bertz CT molecular complexity index is 374. The van der Waals surface area contributed by atoms with E-state index in [-0.39, 0.29) is 0 Å². The van der Waals surface area contributed by atoms with Gasteiger partial charge in [-0.2, -0.15) is 4.98 Å². The molecule has 0 amide bonds. The third-order valence-corrected chi connectivity index (χ3v) is 4.21. The van der Waals surface area contributed by atoms with E-state index in [2.05, 4.69) is 17.1 Å². The lowest BCUT2D eigenvalue weighted by molar-refractivity contribution is 0.349. The van der Waals surface area contributed by atoms with Crippen LogP contribution >= 0.6 is 0 Å². The molecule has 1 aromatic rings. The monoisotopic (exact) mass is 295 g/mol. The summed E-state index contributed by atoms with van der Waals surface area (Å²) < 4.78 is 5.28. The maximum Gasteiger partial charge on any atom is 0.226 e. The first-order valence-corrected chi connectivity index (χ1v) is 8.72. The summed E-state index contributed by atoms with van der Waals surface area (Å²) >= 11 is 0. The topological polar surface area (TPSA) is 64.9 Å². The lowest BCUT2D eigenvalue weighted by atomic mass is 10.0. The first-order chi connectivity index (χ1) is 10.1. The Morgan fingerprint density at radius 1 is 0.952 bits per heavy atom. The second-order valence-electron chi connectivity index (χ2n) is 6.36. The number of rotatable bonds is 12. The van der Waals surface area contributed by atoms with Gasteiger partial charge in [-0.1, -0.05) is 70.4 Å². The number of unbranched alkanes of at least 4 members (excludes halogenated alkanes) is 8. The van der Waals surface area contributed by atoms with Crippen LogP contribution in [0.15, 0.2) is 4.52 Å². The molecule has 0 radical (unpaired) electrons. The van der Waals surface area contributed by atoms with Gasteiger partial charge in [-0.15, -0.1) is 0 Å². The highest BCUT2D eigenvalue weighted by Gasteiger charge is 2.24. The number of hydrogen-bond acceptors (Lipinski definition) is 4. The Hall–Kier alpha value is -0.900. The van der Waals surface area contributed by atoms with E-state index in [4.69, 9.17) is 10.3 Å². The highest BCUT2D eigenvalue weighted by atomic mass is 16.5. The van der Waals surface area contributed by atoms with Crippen molar-refractivity contribution in [1.82, 2.24) is 10.1 Å². The molecule has 0 aliphatic carbocycles. The van der Waals surface area contributed by atoms with Crippen molar-refractivity contribution in [3.8, 4) is 0 Å². The smallest absolute Gasteiger partial charge is 0.226 e. The lowest BCUT2D eigenvalue weighted by Gasteiger charge is -2.16. The summed E-state index contributed by atoms with van der Waals surface area (Å²) in [6.07, 6.45) is 13.6. The second kappa shape index (κ2) is 9.93. The van der Waals surface area contributed by atoms with Crippen molar-refractivity contribution >= 4 is 0 Å². The highest BCUT2D eigenvalue weighted by Crippen LogP contribution is 2.18. The Labute approximate surface area is 129 Å². The fraction of sp³-hybridized carbons (Fsp3) is 0.882. The van der Waals surface area contributed by atoms with Gasteiger partial charge in [0.15, 0.2) is 5.82 Å². The summed E-state index contributed by atoms with van der Waals surface area (Å²) in [7, 11) is 0. The highest BCUT2D eigenvalue weighted by molar-refractivity contribution is 5.00. The Morgan fingerprint density at radius 2 is 1.52 bits per heavy atom. The van der Waals surface area contributed by atoms with Gasteiger partial charge in [-0.25, -0.2) is 0 Å². The standard InChI is InChI=1S/C17H33N3O/c1-4-6-7-8-9-10-11-12-13-14-15-19-16(20-21-15)17(3,18)5-2/h4-14,18H2,1-3H3. The average Bonchev–Trinajstić information content (AvgIpc) is 2.95. The van der Waals surface area contributed by atoms with Crippen LogP contribution in [0.3, 0.4) is 0 Å². The zero-order chi connectivity index (χ0) is 15.6. The van der Waals surface area contributed by atoms with Gasteiger partial charge in [0, 0.05) is 6.42 Å². The van der Waals surface area contributed by atoms with Crippen molar-refractivity contribution < 1.29 is 4.52 Å². The number of aryl methyl sites for hydroxylation is 1. The molecule has 0 aromatic carbocycles.